The lowest BCUT2D eigenvalue weighted by Crippen LogP contribution is -2.36. The summed E-state index contributed by atoms with van der Waals surface area (Å²) in [6, 6.07) is 19.9. The highest BCUT2D eigenvalue weighted by molar-refractivity contribution is 8.14. The summed E-state index contributed by atoms with van der Waals surface area (Å²) in [4.78, 5) is 14.5. The van der Waals surface area contributed by atoms with E-state index in [0.29, 0.717) is 6.04 Å². The third-order valence-electron chi connectivity index (χ3n) is 6.06. The Kier molecular flexibility index (Phi) is 5.03. The van der Waals surface area contributed by atoms with E-state index in [4.69, 9.17) is 4.99 Å². The van der Waals surface area contributed by atoms with Gasteiger partial charge in [0.15, 0.2) is 5.17 Å². The minimum absolute atomic E-state index is 0.0118. The molecule has 1 fully saturated rings. The quantitative estimate of drug-likeness (QED) is 0.591. The molecule has 0 saturated carbocycles. The van der Waals surface area contributed by atoms with Crippen molar-refractivity contribution in [1.29, 1.82) is 0 Å². The summed E-state index contributed by atoms with van der Waals surface area (Å²) in [5.74, 6) is 1.11. The van der Waals surface area contributed by atoms with Gasteiger partial charge in [0.1, 0.15) is 12.1 Å². The molecule has 30 heavy (non-hydrogen) atoms. The molecule has 2 aliphatic rings. The summed E-state index contributed by atoms with van der Waals surface area (Å²) in [6.45, 7) is 2.28. The molecule has 154 valence electrons. The van der Waals surface area contributed by atoms with Crippen molar-refractivity contribution in [3.05, 3.63) is 78.4 Å². The highest BCUT2D eigenvalue weighted by Gasteiger charge is 2.46. The molecule has 1 aromatic carbocycles. The van der Waals surface area contributed by atoms with Gasteiger partial charge in [-0.15, -0.1) is 0 Å². The van der Waals surface area contributed by atoms with Gasteiger partial charge in [-0.1, -0.05) is 24.8 Å². The zero-order chi connectivity index (χ0) is 20.7. The molecule has 0 unspecified atom stereocenters. The van der Waals surface area contributed by atoms with E-state index in [1.165, 1.54) is 22.2 Å². The number of pyridine rings is 1. The van der Waals surface area contributed by atoms with Crippen molar-refractivity contribution >= 4 is 22.6 Å². The number of anilines is 1. The molecule has 0 spiro atoms. The molecule has 1 saturated heterocycles. The number of nitrogens with zero attached hydrogens (tertiary/aromatic N) is 5. The zero-order valence-electron chi connectivity index (χ0n) is 17.6. The first-order valence-corrected chi connectivity index (χ1v) is 11.5. The molecule has 5 nitrogen and oxygen atoms in total. The summed E-state index contributed by atoms with van der Waals surface area (Å²) in [5.41, 5.74) is 4.68. The lowest BCUT2D eigenvalue weighted by molar-refractivity contribution is 0.249. The predicted molar refractivity (Wildman–Crippen MR) is 126 cm³/mol. The first-order chi connectivity index (χ1) is 14.7. The number of fused-ring (bicyclic) bond motifs is 1. The molecule has 0 radical (unpaired) electrons. The Morgan fingerprint density at radius 2 is 1.90 bits per heavy atom. The van der Waals surface area contributed by atoms with E-state index in [1.807, 2.05) is 24.0 Å². The number of benzene rings is 1. The molecule has 6 heteroatoms. The average Bonchev–Trinajstić information content (AvgIpc) is 3.49. The van der Waals surface area contributed by atoms with Crippen LogP contribution in [0.2, 0.25) is 0 Å². The monoisotopic (exact) mass is 417 g/mol. The molecule has 2 aliphatic heterocycles. The molecule has 4 heterocycles. The van der Waals surface area contributed by atoms with Crippen LogP contribution >= 0.6 is 11.8 Å². The Bertz CT molecular complexity index is 1040. The van der Waals surface area contributed by atoms with Crippen LogP contribution in [0, 0.1) is 0 Å². The van der Waals surface area contributed by atoms with E-state index in [9.17, 15) is 0 Å². The van der Waals surface area contributed by atoms with E-state index in [1.54, 1.807) is 0 Å². The fourth-order valence-electron chi connectivity index (χ4n) is 4.45. The van der Waals surface area contributed by atoms with Crippen molar-refractivity contribution in [3.63, 3.8) is 0 Å². The zero-order valence-corrected chi connectivity index (χ0v) is 18.5. The van der Waals surface area contributed by atoms with Crippen LogP contribution in [0.15, 0.2) is 72.0 Å². The summed E-state index contributed by atoms with van der Waals surface area (Å²) >= 11 is 1.89. The van der Waals surface area contributed by atoms with Crippen molar-refractivity contribution in [2.45, 2.75) is 31.5 Å². The first-order valence-electron chi connectivity index (χ1n) is 10.5. The van der Waals surface area contributed by atoms with Crippen molar-refractivity contribution in [2.75, 3.05) is 24.7 Å². The van der Waals surface area contributed by atoms with E-state index in [2.05, 4.69) is 95.1 Å². The van der Waals surface area contributed by atoms with Gasteiger partial charge in [0.25, 0.3) is 0 Å². The Hall–Kier alpha value is -2.73. The molecule has 0 N–H and O–H groups in total. The molecule has 5 rings (SSSR count). The molecule has 0 aliphatic carbocycles. The van der Waals surface area contributed by atoms with Gasteiger partial charge in [-0.3, -0.25) is 9.98 Å². The average molecular weight is 418 g/mol. The second-order valence-corrected chi connectivity index (χ2v) is 9.04. The van der Waals surface area contributed by atoms with Crippen LogP contribution in [0.1, 0.15) is 36.8 Å². The largest absolute Gasteiger partial charge is 0.378 e. The number of hydrogen-bond donors (Lipinski definition) is 0. The van der Waals surface area contributed by atoms with Crippen LogP contribution < -0.4 is 4.90 Å². The number of aromatic nitrogens is 2. The van der Waals surface area contributed by atoms with Gasteiger partial charge in [0.05, 0.1) is 5.69 Å². The maximum absolute atomic E-state index is 5.15. The van der Waals surface area contributed by atoms with Crippen molar-refractivity contribution in [2.24, 2.45) is 4.99 Å². The van der Waals surface area contributed by atoms with Gasteiger partial charge in [0, 0.05) is 55.4 Å². The molecule has 2 aromatic heterocycles. The second-order valence-electron chi connectivity index (χ2n) is 8.05. The van der Waals surface area contributed by atoms with Crippen LogP contribution in [0.25, 0.3) is 5.69 Å². The normalized spacial score (nSPS) is 22.8. The minimum Gasteiger partial charge on any atom is -0.378 e. The highest BCUT2D eigenvalue weighted by Crippen LogP contribution is 2.48. The Labute approximate surface area is 182 Å². The van der Waals surface area contributed by atoms with Gasteiger partial charge < -0.3 is 14.4 Å². The fourth-order valence-corrected chi connectivity index (χ4v) is 5.79. The number of amidine groups is 1. The fraction of sp³-hybridized carbons (Fsp3) is 0.333. The van der Waals surface area contributed by atoms with Gasteiger partial charge in [0.2, 0.25) is 0 Å². The lowest BCUT2D eigenvalue weighted by Gasteiger charge is -2.32. The summed E-state index contributed by atoms with van der Waals surface area (Å²) in [7, 11) is 4.14. The van der Waals surface area contributed by atoms with Crippen LogP contribution in [0.3, 0.4) is 0 Å². The number of hydrogen-bond acceptors (Lipinski definition) is 5. The maximum atomic E-state index is 5.15. The van der Waals surface area contributed by atoms with Crippen LogP contribution in [0.4, 0.5) is 5.69 Å². The standard InChI is InChI=1S/C24H27N5S/c1-4-17-16-30-24-26-22(20-8-5-6-14-25-20)23(29(17)24)21-9-7-15-28(21)19-12-10-18(11-13-19)27(2)3/h5-15,17,22-23H,4,16H2,1-3H3/t17-,22+,23+/m0/s1. The van der Waals surface area contributed by atoms with Crippen molar-refractivity contribution in [1.82, 2.24) is 14.5 Å². The molecular formula is C24H27N5S. The third-order valence-corrected chi connectivity index (χ3v) is 7.18. The van der Waals surface area contributed by atoms with E-state index >= 15 is 0 Å². The van der Waals surface area contributed by atoms with Crippen molar-refractivity contribution in [3.8, 4) is 5.69 Å². The second kappa shape index (κ2) is 7.84. The van der Waals surface area contributed by atoms with E-state index < -0.39 is 0 Å². The Morgan fingerprint density at radius 3 is 2.60 bits per heavy atom. The highest BCUT2D eigenvalue weighted by atomic mass is 32.2. The molecule has 0 bridgehead atoms. The predicted octanol–water partition coefficient (Wildman–Crippen LogP) is 4.92. The third kappa shape index (κ3) is 3.19. The SMILES string of the molecule is CC[C@H]1CSC2=N[C@H](c3ccccn3)[C@@H](c3cccn3-c3ccc(N(C)C)cc3)N21. The maximum Gasteiger partial charge on any atom is 0.160 e. The van der Waals surface area contributed by atoms with Gasteiger partial charge in [-0.2, -0.15) is 0 Å². The van der Waals surface area contributed by atoms with Gasteiger partial charge >= 0.3 is 0 Å². The summed E-state index contributed by atoms with van der Waals surface area (Å²) in [6.07, 6.45) is 5.16. The summed E-state index contributed by atoms with van der Waals surface area (Å²) in [5, 5.41) is 1.17. The smallest absolute Gasteiger partial charge is 0.160 e. The topological polar surface area (TPSA) is 36.7 Å². The number of rotatable bonds is 5. The van der Waals surface area contributed by atoms with E-state index in [0.717, 1.165) is 17.9 Å². The molecule has 3 aromatic rings. The Balaban J connectivity index is 1.58. The molecule has 0 amide bonds. The number of aliphatic imine (C=N–C) groups is 1. The molecular weight excluding hydrogens is 390 g/mol. The number of thioether (sulfide) groups is 1. The van der Waals surface area contributed by atoms with Crippen LogP contribution in [-0.2, 0) is 0 Å². The Morgan fingerprint density at radius 1 is 1.07 bits per heavy atom. The van der Waals surface area contributed by atoms with Crippen LogP contribution in [-0.4, -0.2) is 45.5 Å². The van der Waals surface area contributed by atoms with Gasteiger partial charge in [-0.25, -0.2) is 0 Å². The van der Waals surface area contributed by atoms with E-state index in [-0.39, 0.29) is 12.1 Å². The summed E-state index contributed by atoms with van der Waals surface area (Å²) < 4.78 is 2.31. The lowest BCUT2D eigenvalue weighted by atomic mass is 9.99. The van der Waals surface area contributed by atoms with Crippen LogP contribution in [0.5, 0.6) is 0 Å². The van der Waals surface area contributed by atoms with Gasteiger partial charge in [-0.05, 0) is 55.0 Å². The first kappa shape index (κ1) is 19.2. The molecule has 3 atom stereocenters. The minimum atomic E-state index is 0.0118. The van der Waals surface area contributed by atoms with Crippen molar-refractivity contribution < 1.29 is 0 Å².